The summed E-state index contributed by atoms with van der Waals surface area (Å²) in [6, 6.07) is 6.05. The normalized spacial score (nSPS) is 21.6. The van der Waals surface area contributed by atoms with Gasteiger partial charge in [0.25, 0.3) is 0 Å². The first-order valence-electron chi connectivity index (χ1n) is 13.5. The van der Waals surface area contributed by atoms with Crippen LogP contribution in [0.3, 0.4) is 0 Å². The van der Waals surface area contributed by atoms with Gasteiger partial charge in [0.15, 0.2) is 17.7 Å². The predicted octanol–water partition coefficient (Wildman–Crippen LogP) is -0.0103. The van der Waals surface area contributed by atoms with E-state index in [4.69, 9.17) is 15.2 Å². The van der Waals surface area contributed by atoms with Gasteiger partial charge in [-0.1, -0.05) is 44.2 Å². The lowest BCUT2D eigenvalue weighted by Crippen LogP contribution is -2.56. The van der Waals surface area contributed by atoms with Crippen LogP contribution in [0.15, 0.2) is 43.0 Å². The van der Waals surface area contributed by atoms with Gasteiger partial charge in [-0.3, -0.25) is 14.2 Å². The molecule has 1 aromatic carbocycles. The van der Waals surface area contributed by atoms with Crippen LogP contribution in [0, 0.1) is 5.92 Å². The van der Waals surface area contributed by atoms with Crippen LogP contribution in [-0.2, 0) is 25.7 Å². The van der Waals surface area contributed by atoms with Gasteiger partial charge in [0, 0.05) is 0 Å². The summed E-state index contributed by atoms with van der Waals surface area (Å²) in [6.07, 6.45) is -1.14. The number of aliphatic hydroxyl groups excluding tert-OH is 2. The molecule has 0 spiro atoms. The van der Waals surface area contributed by atoms with Gasteiger partial charge in [-0.25, -0.2) is 19.7 Å². The Morgan fingerprint density at radius 1 is 1.10 bits per heavy atom. The maximum atomic E-state index is 13.2. The summed E-state index contributed by atoms with van der Waals surface area (Å²) in [5, 5.41) is 28.5. The van der Waals surface area contributed by atoms with Gasteiger partial charge in [0.05, 0.1) is 12.9 Å². The largest absolute Gasteiger partial charge is 0.445 e. The van der Waals surface area contributed by atoms with Crippen LogP contribution in [0.2, 0.25) is 0 Å². The number of ether oxygens (including phenoxy) is 2. The van der Waals surface area contributed by atoms with Gasteiger partial charge in [0.1, 0.15) is 48.8 Å². The summed E-state index contributed by atoms with van der Waals surface area (Å²) in [6.45, 7) is 4.78. The topological polar surface area (TPSA) is 216 Å². The molecule has 1 aliphatic rings. The van der Waals surface area contributed by atoms with Crippen molar-refractivity contribution in [1.82, 2.24) is 35.5 Å². The average molecular weight is 585 g/mol. The zero-order valence-corrected chi connectivity index (χ0v) is 23.5. The van der Waals surface area contributed by atoms with E-state index in [0.717, 1.165) is 5.56 Å². The second-order valence-corrected chi connectivity index (χ2v) is 10.5. The molecular weight excluding hydrogens is 548 g/mol. The minimum absolute atomic E-state index is 0.0358. The fourth-order valence-corrected chi connectivity index (χ4v) is 4.63. The number of fused-ring (bicyclic) bond motifs is 1. The van der Waals surface area contributed by atoms with Crippen molar-refractivity contribution in [2.45, 2.75) is 70.4 Å². The highest BCUT2D eigenvalue weighted by atomic mass is 16.6. The molecule has 0 saturated carbocycles. The van der Waals surface area contributed by atoms with Crippen LogP contribution in [0.4, 0.5) is 10.6 Å². The number of aliphatic hydroxyl groups is 2. The number of aromatic nitrogens is 4. The molecule has 0 unspecified atom stereocenters. The number of anilines is 1. The van der Waals surface area contributed by atoms with Crippen molar-refractivity contribution in [3.05, 3.63) is 48.5 Å². The second-order valence-electron chi connectivity index (χ2n) is 10.5. The van der Waals surface area contributed by atoms with E-state index in [1.807, 2.05) is 44.2 Å². The highest BCUT2D eigenvalue weighted by Crippen LogP contribution is 2.32. The van der Waals surface area contributed by atoms with Crippen molar-refractivity contribution in [1.29, 1.82) is 0 Å². The van der Waals surface area contributed by atoms with E-state index in [1.54, 1.807) is 0 Å². The molecule has 42 heavy (non-hydrogen) atoms. The summed E-state index contributed by atoms with van der Waals surface area (Å²) in [5.41, 5.74) is 7.28. The number of carbonyl (C=O) groups is 3. The maximum absolute atomic E-state index is 13.2. The van der Waals surface area contributed by atoms with E-state index >= 15 is 0 Å². The summed E-state index contributed by atoms with van der Waals surface area (Å²) >= 11 is 0. The molecule has 226 valence electrons. The molecule has 1 fully saturated rings. The summed E-state index contributed by atoms with van der Waals surface area (Å²) < 4.78 is 12.6. The van der Waals surface area contributed by atoms with E-state index in [0.29, 0.717) is 17.6 Å². The molecule has 3 amide bonds. The number of alkyl carbamates (subject to hydrolysis) is 1. The lowest BCUT2D eigenvalue weighted by Gasteiger charge is -2.26. The van der Waals surface area contributed by atoms with E-state index in [9.17, 15) is 24.6 Å². The molecule has 0 aliphatic carbocycles. The van der Waals surface area contributed by atoms with Crippen molar-refractivity contribution in [2.75, 3.05) is 12.3 Å². The van der Waals surface area contributed by atoms with E-state index in [-0.39, 0.29) is 18.3 Å². The van der Waals surface area contributed by atoms with Gasteiger partial charge in [0.2, 0.25) is 11.8 Å². The number of rotatable bonds is 11. The van der Waals surface area contributed by atoms with Gasteiger partial charge >= 0.3 is 6.09 Å². The zero-order chi connectivity index (χ0) is 30.4. The molecule has 7 N–H and O–H groups in total. The van der Waals surface area contributed by atoms with Crippen LogP contribution in [0.5, 0.6) is 0 Å². The smallest absolute Gasteiger partial charge is 0.408 e. The Morgan fingerprint density at radius 3 is 2.52 bits per heavy atom. The van der Waals surface area contributed by atoms with Gasteiger partial charge < -0.3 is 41.4 Å². The number of nitrogens with two attached hydrogens (primary N) is 1. The molecule has 3 aromatic rings. The third-order valence-corrected chi connectivity index (χ3v) is 6.80. The quantitative estimate of drug-likeness (QED) is 0.176. The molecule has 1 saturated heterocycles. The number of nitrogens with zero attached hydrogens (tertiary/aromatic N) is 4. The second kappa shape index (κ2) is 13.5. The highest BCUT2D eigenvalue weighted by Gasteiger charge is 2.46. The van der Waals surface area contributed by atoms with Gasteiger partial charge in [-0.15, -0.1) is 0 Å². The van der Waals surface area contributed by atoms with Crippen LogP contribution >= 0.6 is 0 Å². The Hall–Kier alpha value is -4.34. The Bertz CT molecular complexity index is 1390. The Balaban J connectivity index is 1.41. The monoisotopic (exact) mass is 584 g/mol. The number of nitrogen functional groups attached to an aromatic ring is 1. The van der Waals surface area contributed by atoms with Crippen LogP contribution < -0.4 is 21.7 Å². The summed E-state index contributed by atoms with van der Waals surface area (Å²) in [4.78, 5) is 51.0. The van der Waals surface area contributed by atoms with Crippen LogP contribution in [0.1, 0.15) is 39.0 Å². The Labute approximate surface area is 241 Å². The zero-order valence-electron chi connectivity index (χ0n) is 23.5. The van der Waals surface area contributed by atoms with Crippen molar-refractivity contribution in [2.24, 2.45) is 5.92 Å². The lowest BCUT2D eigenvalue weighted by atomic mass is 10.0. The summed E-state index contributed by atoms with van der Waals surface area (Å²) in [7, 11) is 0. The van der Waals surface area contributed by atoms with E-state index < -0.39 is 61.1 Å². The fraction of sp³-hybridized carbons (Fsp3) is 0.481. The average Bonchev–Trinajstić information content (AvgIpc) is 3.53. The molecular formula is C27H36N8O7. The molecule has 3 heterocycles. The predicted molar refractivity (Wildman–Crippen MR) is 149 cm³/mol. The number of benzene rings is 1. The summed E-state index contributed by atoms with van der Waals surface area (Å²) in [5.74, 6) is -1.03. The van der Waals surface area contributed by atoms with E-state index in [1.165, 1.54) is 24.1 Å². The molecule has 15 nitrogen and oxygen atoms in total. The third-order valence-electron chi connectivity index (χ3n) is 6.80. The fourth-order valence-electron chi connectivity index (χ4n) is 4.63. The first kappa shape index (κ1) is 30.6. The lowest BCUT2D eigenvalue weighted by molar-refractivity contribution is -0.130. The van der Waals surface area contributed by atoms with Crippen LogP contribution in [-0.4, -0.2) is 84.6 Å². The van der Waals surface area contributed by atoms with Crippen molar-refractivity contribution in [3.63, 3.8) is 0 Å². The van der Waals surface area contributed by atoms with Crippen LogP contribution in [0.25, 0.3) is 11.2 Å². The number of hydrogen-bond acceptors (Lipinski definition) is 11. The number of carbonyl (C=O) groups excluding carboxylic acids is 3. The van der Waals surface area contributed by atoms with Gasteiger partial charge in [-0.05, 0) is 24.8 Å². The minimum Gasteiger partial charge on any atom is -0.445 e. The third kappa shape index (κ3) is 7.10. The molecule has 15 heteroatoms. The Morgan fingerprint density at radius 2 is 1.83 bits per heavy atom. The first-order valence-corrected chi connectivity index (χ1v) is 13.5. The standard InChI is InChI=1S/C27H36N8O7/c1-14(2)9-17(33-27(40)41-11-16-7-5-4-6-8-16)25(39)32-15(3)24(38)34-19-21(37)18(10-36)42-26(19)35-13-31-20-22(28)29-12-30-23(20)35/h4-8,12-15,17-19,21,26,36-37H,9-11H2,1-3H3,(H,32,39)(H,33,40)(H,34,38)(H2,28,29,30)/t15-,17-,18+,19+,21+,26+/m0/s1. The highest BCUT2D eigenvalue weighted by molar-refractivity contribution is 5.91. The molecule has 0 bridgehead atoms. The van der Waals surface area contributed by atoms with E-state index in [2.05, 4.69) is 30.9 Å². The first-order chi connectivity index (χ1) is 20.1. The molecule has 6 atom stereocenters. The van der Waals surface area contributed by atoms with Crippen molar-refractivity contribution < 1.29 is 34.1 Å². The number of hydrogen-bond donors (Lipinski definition) is 6. The minimum atomic E-state index is -1.29. The molecule has 0 radical (unpaired) electrons. The maximum Gasteiger partial charge on any atom is 0.408 e. The van der Waals surface area contributed by atoms with Crippen molar-refractivity contribution in [3.8, 4) is 0 Å². The number of imidazole rings is 1. The molecule has 1 aliphatic heterocycles. The van der Waals surface area contributed by atoms with Gasteiger partial charge in [-0.2, -0.15) is 0 Å². The molecule has 2 aromatic heterocycles. The SMILES string of the molecule is CC(C)C[C@H](NC(=O)OCc1ccccc1)C(=O)N[C@@H](C)C(=O)N[C@@H]1[C@H](O)[C@@H](CO)O[C@H]1n1cnc2c(N)ncnc21. The molecule has 4 rings (SSSR count). The number of amides is 3. The Kier molecular flexibility index (Phi) is 9.88. The number of nitrogens with one attached hydrogen (secondary N) is 3. The van der Waals surface area contributed by atoms with Crippen molar-refractivity contribution >= 4 is 34.9 Å².